The van der Waals surface area contributed by atoms with Crippen LogP contribution in [-0.4, -0.2) is 16.0 Å². The molecule has 4 heteroatoms. The predicted octanol–water partition coefficient (Wildman–Crippen LogP) is 2.73. The summed E-state index contributed by atoms with van der Waals surface area (Å²) in [6, 6.07) is 6.34. The van der Waals surface area contributed by atoms with Crippen molar-refractivity contribution in [2.24, 2.45) is 11.7 Å². The van der Waals surface area contributed by atoms with Crippen LogP contribution in [0.3, 0.4) is 0 Å². The maximum Gasteiger partial charge on any atom is 0.107 e. The fourth-order valence-electron chi connectivity index (χ4n) is 3.41. The van der Waals surface area contributed by atoms with Crippen LogP contribution in [0.25, 0.3) is 11.0 Å². The Hall–Kier alpha value is -1.99. The molecule has 1 saturated carbocycles. The molecule has 1 aromatic heterocycles. The minimum absolute atomic E-state index is 0.256. The second kappa shape index (κ2) is 5.18. The van der Waals surface area contributed by atoms with Crippen molar-refractivity contribution in [3.8, 4) is 6.07 Å². The molecule has 3 rings (SSSR count). The van der Waals surface area contributed by atoms with Gasteiger partial charge in [-0.2, -0.15) is 5.26 Å². The van der Waals surface area contributed by atoms with E-state index in [-0.39, 0.29) is 6.04 Å². The lowest BCUT2D eigenvalue weighted by atomic mass is 9.76. The molecule has 1 aliphatic carbocycles. The van der Waals surface area contributed by atoms with E-state index >= 15 is 0 Å². The first-order valence-electron chi connectivity index (χ1n) is 7.08. The maximum absolute atomic E-state index is 9.18. The highest BCUT2D eigenvalue weighted by Gasteiger charge is 2.27. The van der Waals surface area contributed by atoms with Gasteiger partial charge in [0.1, 0.15) is 11.6 Å². The molecule has 2 N–H and O–H groups in total. The van der Waals surface area contributed by atoms with Gasteiger partial charge < -0.3 is 5.73 Å². The van der Waals surface area contributed by atoms with Gasteiger partial charge in [0.2, 0.25) is 0 Å². The van der Waals surface area contributed by atoms with Gasteiger partial charge in [-0.25, -0.2) is 0 Å². The Morgan fingerprint density at radius 1 is 1.15 bits per heavy atom. The molecular weight excluding hydrogens is 248 g/mol. The Balaban J connectivity index is 2.11. The van der Waals surface area contributed by atoms with Crippen LogP contribution in [0.5, 0.6) is 0 Å². The van der Waals surface area contributed by atoms with Gasteiger partial charge in [0.15, 0.2) is 0 Å². The van der Waals surface area contributed by atoms with Crippen molar-refractivity contribution in [1.29, 1.82) is 5.26 Å². The standard InChI is InChI=1S/C16H18N4/c1-10-6-12(8-13(18)7-10)14-3-2-11(9-17)15-16(14)20-5-4-19-15/h2-5,10,12-13H,6-8,18H2,1H3/t10-,12?,13-/m0/s1. The highest BCUT2D eigenvalue weighted by atomic mass is 14.8. The third-order valence-electron chi connectivity index (χ3n) is 4.20. The highest BCUT2D eigenvalue weighted by Crippen LogP contribution is 2.38. The van der Waals surface area contributed by atoms with Crippen LogP contribution < -0.4 is 5.73 Å². The Kier molecular flexibility index (Phi) is 3.37. The second-order valence-electron chi connectivity index (χ2n) is 5.84. The summed E-state index contributed by atoms with van der Waals surface area (Å²) < 4.78 is 0. The smallest absolute Gasteiger partial charge is 0.107 e. The summed E-state index contributed by atoms with van der Waals surface area (Å²) in [6.45, 7) is 2.25. The van der Waals surface area contributed by atoms with E-state index < -0.39 is 0 Å². The predicted molar refractivity (Wildman–Crippen MR) is 78.0 cm³/mol. The van der Waals surface area contributed by atoms with Crippen LogP contribution in [0.1, 0.15) is 43.2 Å². The first-order valence-corrected chi connectivity index (χ1v) is 7.08. The van der Waals surface area contributed by atoms with Crippen molar-refractivity contribution >= 4 is 11.0 Å². The summed E-state index contributed by atoms with van der Waals surface area (Å²) in [5, 5.41) is 9.18. The highest BCUT2D eigenvalue weighted by molar-refractivity contribution is 5.83. The largest absolute Gasteiger partial charge is 0.328 e. The van der Waals surface area contributed by atoms with E-state index in [1.165, 1.54) is 5.56 Å². The molecule has 2 aromatic rings. The molecule has 0 amide bonds. The van der Waals surface area contributed by atoms with Gasteiger partial charge in [-0.3, -0.25) is 9.97 Å². The molecule has 20 heavy (non-hydrogen) atoms. The van der Waals surface area contributed by atoms with Crippen LogP contribution in [0.2, 0.25) is 0 Å². The van der Waals surface area contributed by atoms with Gasteiger partial charge >= 0.3 is 0 Å². The number of benzene rings is 1. The molecule has 0 radical (unpaired) electrons. The maximum atomic E-state index is 9.18. The van der Waals surface area contributed by atoms with E-state index in [2.05, 4.69) is 23.0 Å². The van der Waals surface area contributed by atoms with Crippen molar-refractivity contribution in [2.45, 2.75) is 38.1 Å². The third kappa shape index (κ3) is 2.25. The lowest BCUT2D eigenvalue weighted by Crippen LogP contribution is -2.31. The van der Waals surface area contributed by atoms with Gasteiger partial charge in [-0.1, -0.05) is 13.0 Å². The molecule has 0 aliphatic heterocycles. The van der Waals surface area contributed by atoms with Gasteiger partial charge in [-0.05, 0) is 42.7 Å². The molecule has 1 unspecified atom stereocenters. The fourth-order valence-corrected chi connectivity index (χ4v) is 3.41. The molecule has 102 valence electrons. The normalized spacial score (nSPS) is 26.4. The van der Waals surface area contributed by atoms with Crippen LogP contribution in [0, 0.1) is 17.2 Å². The summed E-state index contributed by atoms with van der Waals surface area (Å²) in [5.74, 6) is 1.05. The van der Waals surface area contributed by atoms with Gasteiger partial charge in [0, 0.05) is 18.4 Å². The topological polar surface area (TPSA) is 75.6 Å². The molecule has 0 bridgehead atoms. The SMILES string of the molecule is C[C@H]1CC(c2ccc(C#N)c3nccnc23)C[C@@H](N)C1. The zero-order valence-corrected chi connectivity index (χ0v) is 11.6. The zero-order chi connectivity index (χ0) is 14.1. The third-order valence-corrected chi connectivity index (χ3v) is 4.20. The van der Waals surface area contributed by atoms with E-state index in [0.717, 1.165) is 24.8 Å². The fraction of sp³-hybridized carbons (Fsp3) is 0.438. The molecule has 1 aromatic carbocycles. The Bertz CT molecular complexity index is 664. The Labute approximate surface area is 118 Å². The van der Waals surface area contributed by atoms with Crippen molar-refractivity contribution < 1.29 is 0 Å². The van der Waals surface area contributed by atoms with Crippen molar-refractivity contribution in [1.82, 2.24) is 9.97 Å². The molecule has 3 atom stereocenters. The number of hydrogen-bond donors (Lipinski definition) is 1. The van der Waals surface area contributed by atoms with Crippen LogP contribution in [-0.2, 0) is 0 Å². The van der Waals surface area contributed by atoms with Crippen molar-refractivity contribution in [3.05, 3.63) is 35.7 Å². The quantitative estimate of drug-likeness (QED) is 0.861. The first-order chi connectivity index (χ1) is 9.69. The van der Waals surface area contributed by atoms with Crippen molar-refractivity contribution in [2.75, 3.05) is 0 Å². The lowest BCUT2D eigenvalue weighted by molar-refractivity contribution is 0.309. The minimum Gasteiger partial charge on any atom is -0.328 e. The number of nitrogens with zero attached hydrogens (tertiary/aromatic N) is 3. The lowest BCUT2D eigenvalue weighted by Gasteiger charge is -2.31. The van der Waals surface area contributed by atoms with E-state index in [1.54, 1.807) is 12.4 Å². The molecule has 0 saturated heterocycles. The van der Waals surface area contributed by atoms with E-state index in [1.807, 2.05) is 12.1 Å². The molecule has 1 aliphatic rings. The van der Waals surface area contributed by atoms with Gasteiger partial charge in [-0.15, -0.1) is 0 Å². The summed E-state index contributed by atoms with van der Waals surface area (Å²) >= 11 is 0. The average molecular weight is 266 g/mol. The number of nitriles is 1. The van der Waals surface area contributed by atoms with Crippen LogP contribution in [0.4, 0.5) is 0 Å². The first kappa shape index (κ1) is 13.0. The number of hydrogen-bond acceptors (Lipinski definition) is 4. The number of nitrogens with two attached hydrogens (primary N) is 1. The minimum atomic E-state index is 0.256. The van der Waals surface area contributed by atoms with E-state index in [9.17, 15) is 5.26 Å². The Morgan fingerprint density at radius 3 is 2.60 bits per heavy atom. The zero-order valence-electron chi connectivity index (χ0n) is 11.6. The molecule has 0 spiro atoms. The number of aromatic nitrogens is 2. The molecule has 1 heterocycles. The number of rotatable bonds is 1. The van der Waals surface area contributed by atoms with Gasteiger partial charge in [0.25, 0.3) is 0 Å². The van der Waals surface area contributed by atoms with E-state index in [0.29, 0.717) is 22.9 Å². The van der Waals surface area contributed by atoms with E-state index in [4.69, 9.17) is 5.73 Å². The Morgan fingerprint density at radius 2 is 1.90 bits per heavy atom. The van der Waals surface area contributed by atoms with Gasteiger partial charge in [0.05, 0.1) is 11.1 Å². The summed E-state index contributed by atoms with van der Waals surface area (Å²) in [5.41, 5.74) is 9.51. The monoisotopic (exact) mass is 266 g/mol. The molecule has 1 fully saturated rings. The summed E-state index contributed by atoms with van der Waals surface area (Å²) in [4.78, 5) is 8.79. The van der Waals surface area contributed by atoms with Crippen LogP contribution in [0.15, 0.2) is 24.5 Å². The molecular formula is C16H18N4. The number of fused-ring (bicyclic) bond motifs is 1. The molecule has 4 nitrogen and oxygen atoms in total. The van der Waals surface area contributed by atoms with Crippen molar-refractivity contribution in [3.63, 3.8) is 0 Å². The summed E-state index contributed by atoms with van der Waals surface area (Å²) in [6.07, 6.45) is 6.55. The average Bonchev–Trinajstić information content (AvgIpc) is 2.45. The van der Waals surface area contributed by atoms with Crippen LogP contribution >= 0.6 is 0 Å². The summed E-state index contributed by atoms with van der Waals surface area (Å²) in [7, 11) is 0. The second-order valence-corrected chi connectivity index (χ2v) is 5.84.